The topological polar surface area (TPSA) is 149 Å². The summed E-state index contributed by atoms with van der Waals surface area (Å²) in [6, 6.07) is 5.79. The van der Waals surface area contributed by atoms with Crippen LogP contribution in [-0.2, 0) is 25.7 Å². The number of carbonyl (C=O) groups is 4. The van der Waals surface area contributed by atoms with E-state index in [1.54, 1.807) is 16.8 Å². The van der Waals surface area contributed by atoms with Gasteiger partial charge in [-0.05, 0) is 63.3 Å². The Bertz CT molecular complexity index is 1410. The molecule has 0 bridgehead atoms. The molecule has 2 heterocycles. The molecule has 2 aromatic rings. The minimum atomic E-state index is -1.97. The predicted molar refractivity (Wildman–Crippen MR) is 186 cm³/mol. The number of alkyl halides is 1. The fraction of sp³-hybridized carbons (Fsp3) is 0.629. The number of thiazole rings is 1. The van der Waals surface area contributed by atoms with Gasteiger partial charge in [-0.25, -0.2) is 9.37 Å². The first-order chi connectivity index (χ1) is 22.8. The molecule has 1 aliphatic heterocycles. The number of aromatic nitrogens is 1. The van der Waals surface area contributed by atoms with Crippen LogP contribution in [0.25, 0.3) is 10.4 Å². The first kappa shape index (κ1) is 37.8. The third-order valence-electron chi connectivity index (χ3n) is 9.12. The number of nitrogens with zero attached hydrogens (tertiary/aromatic N) is 2. The smallest absolute Gasteiger partial charge is 0.303 e. The van der Waals surface area contributed by atoms with Crippen molar-refractivity contribution >= 4 is 46.8 Å². The Balaban J connectivity index is 1.34. The number of halogens is 1. The maximum absolute atomic E-state index is 14.8. The molecule has 4 N–H and O–H groups in total. The second-order valence-electron chi connectivity index (χ2n) is 13.5. The van der Waals surface area contributed by atoms with E-state index in [2.05, 4.69) is 15.6 Å². The average molecular weight is 705 g/mol. The van der Waals surface area contributed by atoms with Crippen LogP contribution in [0.5, 0.6) is 0 Å². The normalized spacial score (nSPS) is 19.1. The lowest BCUT2D eigenvalue weighted by Crippen LogP contribution is -2.61. The Morgan fingerprint density at radius 1 is 1.08 bits per heavy atom. The molecule has 1 aliphatic carbocycles. The number of aryl methyl sites for hydroxylation is 1. The van der Waals surface area contributed by atoms with Gasteiger partial charge in [0.2, 0.25) is 11.8 Å². The molecule has 0 spiro atoms. The molecule has 13 heteroatoms. The van der Waals surface area contributed by atoms with Crippen molar-refractivity contribution in [3.8, 4) is 10.4 Å². The number of aliphatic carboxylic acids is 1. The molecule has 3 atom stereocenters. The molecule has 0 unspecified atom stereocenters. The van der Waals surface area contributed by atoms with E-state index in [-0.39, 0.29) is 38.8 Å². The van der Waals surface area contributed by atoms with Gasteiger partial charge >= 0.3 is 5.97 Å². The van der Waals surface area contributed by atoms with E-state index in [1.165, 1.54) is 16.7 Å². The summed E-state index contributed by atoms with van der Waals surface area (Å²) in [7, 11) is 0. The van der Waals surface area contributed by atoms with E-state index >= 15 is 0 Å². The zero-order chi connectivity index (χ0) is 34.9. The minimum Gasteiger partial charge on any atom is -0.481 e. The van der Waals surface area contributed by atoms with Crippen molar-refractivity contribution < 1.29 is 33.8 Å². The van der Waals surface area contributed by atoms with Crippen molar-refractivity contribution in [2.24, 2.45) is 0 Å². The molecule has 2 fully saturated rings. The number of aliphatic hydroxyl groups is 1. The van der Waals surface area contributed by atoms with Crippen molar-refractivity contribution in [1.29, 1.82) is 0 Å². The van der Waals surface area contributed by atoms with Gasteiger partial charge < -0.3 is 25.7 Å². The number of unbranched alkanes of at least 4 members (excludes halogenated alkanes) is 6. The van der Waals surface area contributed by atoms with Crippen molar-refractivity contribution in [3.63, 3.8) is 0 Å². The summed E-state index contributed by atoms with van der Waals surface area (Å²) in [5.41, 5.74) is 2.71. The van der Waals surface area contributed by atoms with Crippen LogP contribution < -0.4 is 10.6 Å². The summed E-state index contributed by atoms with van der Waals surface area (Å²) >= 11 is 3.09. The number of carboxylic acid groups (broad SMARTS) is 1. The van der Waals surface area contributed by atoms with Crippen molar-refractivity contribution in [2.75, 3.05) is 12.3 Å². The monoisotopic (exact) mass is 704 g/mol. The summed E-state index contributed by atoms with van der Waals surface area (Å²) in [5, 5.41) is 24.9. The molecular formula is C35H49FN4O6S2. The number of hydrogen-bond donors (Lipinski definition) is 4. The van der Waals surface area contributed by atoms with E-state index in [9.17, 15) is 28.7 Å². The number of nitrogens with one attached hydrogen (secondary N) is 2. The highest BCUT2D eigenvalue weighted by Crippen LogP contribution is 2.41. The molecule has 3 amide bonds. The van der Waals surface area contributed by atoms with Gasteiger partial charge in [0, 0.05) is 30.7 Å². The minimum absolute atomic E-state index is 0.0554. The quantitative estimate of drug-likeness (QED) is 0.142. The van der Waals surface area contributed by atoms with Gasteiger partial charge in [0.1, 0.15) is 12.1 Å². The Hall–Kier alpha value is -3.03. The number of likely N-dealkylation sites (tertiary alicyclic amines) is 1. The number of hydrogen-bond acceptors (Lipinski definition) is 8. The number of rotatable bonds is 19. The second kappa shape index (κ2) is 17.1. The Morgan fingerprint density at radius 3 is 2.33 bits per heavy atom. The molecular weight excluding hydrogens is 656 g/mol. The molecule has 0 radical (unpaired) electrons. The zero-order valence-corrected chi connectivity index (χ0v) is 29.8. The lowest BCUT2D eigenvalue weighted by molar-refractivity contribution is -0.143. The highest BCUT2D eigenvalue weighted by molar-refractivity contribution is 8.00. The number of amides is 3. The van der Waals surface area contributed by atoms with Gasteiger partial charge in [0.05, 0.1) is 22.2 Å². The van der Waals surface area contributed by atoms with Gasteiger partial charge in [0.15, 0.2) is 5.67 Å². The number of thioether (sulfide) groups is 1. The molecule has 48 heavy (non-hydrogen) atoms. The van der Waals surface area contributed by atoms with Gasteiger partial charge in [0.25, 0.3) is 5.91 Å². The van der Waals surface area contributed by atoms with E-state index in [0.717, 1.165) is 66.0 Å². The van der Waals surface area contributed by atoms with Gasteiger partial charge in [-0.1, -0.05) is 56.4 Å². The van der Waals surface area contributed by atoms with Crippen molar-refractivity contribution in [3.05, 3.63) is 41.0 Å². The summed E-state index contributed by atoms with van der Waals surface area (Å²) in [4.78, 5) is 57.8. The number of carboxylic acids is 1. The van der Waals surface area contributed by atoms with Crippen LogP contribution >= 0.6 is 23.1 Å². The van der Waals surface area contributed by atoms with Crippen LogP contribution in [0, 0.1) is 6.92 Å². The first-order valence-electron chi connectivity index (χ1n) is 16.9. The number of aliphatic hydroxyl groups excluding tert-OH is 1. The SMILES string of the molecule is Cc1ncsc1-c1ccc(CNC(=O)[C@@H]2C[C@@H](O)CN2C(=O)[C@@H](NC(=O)C2(F)CC2)C(C)(C)SCCCCCCCCCC(=O)O)cc1. The lowest BCUT2D eigenvalue weighted by Gasteiger charge is -2.37. The van der Waals surface area contributed by atoms with Crippen LogP contribution in [0.1, 0.15) is 95.7 Å². The molecule has 1 aromatic heterocycles. The van der Waals surface area contributed by atoms with Crippen LogP contribution in [0.15, 0.2) is 29.8 Å². The Kier molecular flexibility index (Phi) is 13.4. The van der Waals surface area contributed by atoms with Gasteiger partial charge in [-0.3, -0.25) is 19.2 Å². The van der Waals surface area contributed by atoms with Crippen LogP contribution in [0.2, 0.25) is 0 Å². The number of β-amino-alcohol motifs (C(OH)–C–C–N with tert-alkyl or cyclic N) is 1. The van der Waals surface area contributed by atoms with Gasteiger partial charge in [-0.15, -0.1) is 11.3 Å². The third-order valence-corrected chi connectivity index (χ3v) is 11.6. The Labute approximate surface area is 290 Å². The summed E-state index contributed by atoms with van der Waals surface area (Å²) in [6.45, 7) is 5.84. The maximum Gasteiger partial charge on any atom is 0.303 e. The largest absolute Gasteiger partial charge is 0.481 e. The van der Waals surface area contributed by atoms with Gasteiger partial charge in [-0.2, -0.15) is 11.8 Å². The number of carbonyl (C=O) groups excluding carboxylic acids is 3. The maximum atomic E-state index is 14.8. The highest BCUT2D eigenvalue weighted by Gasteiger charge is 2.54. The summed E-state index contributed by atoms with van der Waals surface area (Å²) in [5.74, 6) is -1.76. The van der Waals surface area contributed by atoms with Crippen LogP contribution in [0.3, 0.4) is 0 Å². The standard InChI is InChI=1S/C35H49FN4O6S2/c1-23-29(47-22-38-23)25-14-12-24(13-15-25)20-37-31(44)27-19-26(41)21-40(27)32(45)30(39-33(46)35(36)16-17-35)34(2,3)48-18-10-8-6-4-5-7-9-11-28(42)43/h12-15,22,26-27,30,41H,4-11,16-21H2,1-3H3,(H,37,44)(H,39,46)(H,42,43)/t26-,27+,30-/m1/s1. The fourth-order valence-electron chi connectivity index (χ4n) is 5.94. The molecule has 2 aliphatic rings. The molecule has 1 saturated carbocycles. The third kappa shape index (κ3) is 10.5. The van der Waals surface area contributed by atoms with E-state index in [0.29, 0.717) is 6.42 Å². The average Bonchev–Trinajstić information content (AvgIpc) is 3.46. The van der Waals surface area contributed by atoms with Crippen LogP contribution in [-0.4, -0.2) is 84.7 Å². The predicted octanol–water partition coefficient (Wildman–Crippen LogP) is 5.40. The van der Waals surface area contributed by atoms with E-state index < -0.39 is 52.3 Å². The fourth-order valence-corrected chi connectivity index (χ4v) is 7.96. The molecule has 264 valence electrons. The number of benzene rings is 1. The van der Waals surface area contributed by atoms with Crippen molar-refractivity contribution in [2.45, 2.75) is 127 Å². The highest BCUT2D eigenvalue weighted by atomic mass is 32.2. The molecule has 1 saturated heterocycles. The first-order valence-corrected chi connectivity index (χ1v) is 18.8. The summed E-state index contributed by atoms with van der Waals surface area (Å²) in [6.07, 6.45) is 6.11. The zero-order valence-electron chi connectivity index (χ0n) is 28.1. The van der Waals surface area contributed by atoms with Crippen LogP contribution in [0.4, 0.5) is 4.39 Å². The molecule has 1 aromatic carbocycles. The van der Waals surface area contributed by atoms with E-state index in [4.69, 9.17) is 5.11 Å². The van der Waals surface area contributed by atoms with Crippen molar-refractivity contribution in [1.82, 2.24) is 20.5 Å². The Morgan fingerprint density at radius 2 is 1.73 bits per heavy atom. The summed E-state index contributed by atoms with van der Waals surface area (Å²) < 4.78 is 14.0. The second-order valence-corrected chi connectivity index (χ2v) is 16.1. The lowest BCUT2D eigenvalue weighted by atomic mass is 10.00. The van der Waals surface area contributed by atoms with E-state index in [1.807, 2.05) is 45.0 Å². The molecule has 10 nitrogen and oxygen atoms in total. The molecule has 4 rings (SSSR count).